The van der Waals surface area contributed by atoms with Crippen LogP contribution in [-0.2, 0) is 16.1 Å². The number of rotatable bonds is 7. The standard InChI is InChI=1S/C18H18Cl2FN3O2/c1-24(11-18(26)23-15-4-2-3-14(21)8-15)10-17(25)22-9-12-5-6-13(19)7-16(12)20/h2-8H,9-11H2,1H3,(H,22,25)(H,23,26)/p+1. The molecule has 8 heteroatoms. The van der Waals surface area contributed by atoms with Gasteiger partial charge in [0, 0.05) is 22.3 Å². The summed E-state index contributed by atoms with van der Waals surface area (Å²) >= 11 is 11.9. The van der Waals surface area contributed by atoms with E-state index in [1.807, 2.05) is 0 Å². The third-order valence-electron chi connectivity index (χ3n) is 3.52. The number of anilines is 1. The minimum atomic E-state index is -0.427. The van der Waals surface area contributed by atoms with Crippen molar-refractivity contribution in [1.82, 2.24) is 5.32 Å². The molecule has 0 aliphatic rings. The van der Waals surface area contributed by atoms with Crippen molar-refractivity contribution >= 4 is 40.7 Å². The Labute approximate surface area is 161 Å². The largest absolute Gasteiger partial charge is 0.347 e. The van der Waals surface area contributed by atoms with E-state index in [-0.39, 0.29) is 31.4 Å². The second kappa shape index (κ2) is 9.52. The summed E-state index contributed by atoms with van der Waals surface area (Å²) < 4.78 is 13.1. The van der Waals surface area contributed by atoms with Crippen LogP contribution in [0.2, 0.25) is 10.0 Å². The van der Waals surface area contributed by atoms with Crippen molar-refractivity contribution in [3.05, 3.63) is 63.9 Å². The molecular formula is C18H19Cl2FN3O2+. The number of carbonyl (C=O) groups excluding carboxylic acids is 2. The molecule has 2 amide bonds. The topological polar surface area (TPSA) is 62.6 Å². The van der Waals surface area contributed by atoms with Crippen molar-refractivity contribution < 1.29 is 18.9 Å². The van der Waals surface area contributed by atoms with Crippen LogP contribution in [0.1, 0.15) is 5.56 Å². The van der Waals surface area contributed by atoms with Gasteiger partial charge in [0.1, 0.15) is 5.82 Å². The highest BCUT2D eigenvalue weighted by Gasteiger charge is 2.14. The van der Waals surface area contributed by atoms with Gasteiger partial charge in [-0.3, -0.25) is 9.59 Å². The monoisotopic (exact) mass is 398 g/mol. The Morgan fingerprint density at radius 2 is 1.81 bits per heavy atom. The van der Waals surface area contributed by atoms with E-state index in [1.54, 1.807) is 31.3 Å². The van der Waals surface area contributed by atoms with E-state index in [9.17, 15) is 14.0 Å². The maximum atomic E-state index is 13.1. The summed E-state index contributed by atoms with van der Waals surface area (Å²) in [6.45, 7) is 0.463. The van der Waals surface area contributed by atoms with Crippen molar-refractivity contribution in [1.29, 1.82) is 0 Å². The molecule has 1 atom stereocenters. The van der Waals surface area contributed by atoms with E-state index < -0.39 is 5.82 Å². The molecule has 0 heterocycles. The number of hydrogen-bond acceptors (Lipinski definition) is 2. The van der Waals surface area contributed by atoms with Crippen molar-refractivity contribution in [3.8, 4) is 0 Å². The van der Waals surface area contributed by atoms with E-state index in [1.165, 1.54) is 18.2 Å². The van der Waals surface area contributed by atoms with Crippen LogP contribution in [0.15, 0.2) is 42.5 Å². The quantitative estimate of drug-likeness (QED) is 0.666. The molecule has 5 nitrogen and oxygen atoms in total. The molecule has 26 heavy (non-hydrogen) atoms. The Morgan fingerprint density at radius 1 is 1.08 bits per heavy atom. The first kappa shape index (κ1) is 20.2. The predicted molar refractivity (Wildman–Crippen MR) is 100.0 cm³/mol. The van der Waals surface area contributed by atoms with Crippen LogP contribution >= 0.6 is 23.2 Å². The van der Waals surface area contributed by atoms with Crippen LogP contribution in [0.3, 0.4) is 0 Å². The van der Waals surface area contributed by atoms with Gasteiger partial charge in [-0.2, -0.15) is 0 Å². The summed E-state index contributed by atoms with van der Waals surface area (Å²) in [7, 11) is 1.72. The van der Waals surface area contributed by atoms with Crippen LogP contribution in [0.25, 0.3) is 0 Å². The molecule has 0 aromatic heterocycles. The highest BCUT2D eigenvalue weighted by Crippen LogP contribution is 2.20. The summed E-state index contributed by atoms with van der Waals surface area (Å²) in [5.74, 6) is -0.947. The van der Waals surface area contributed by atoms with E-state index in [0.717, 1.165) is 5.56 Å². The van der Waals surface area contributed by atoms with Crippen LogP contribution < -0.4 is 15.5 Å². The van der Waals surface area contributed by atoms with Crippen molar-refractivity contribution in [2.24, 2.45) is 0 Å². The number of halogens is 3. The predicted octanol–water partition coefficient (Wildman–Crippen LogP) is 1.90. The average Bonchev–Trinajstić information content (AvgIpc) is 2.53. The van der Waals surface area contributed by atoms with Gasteiger partial charge in [-0.25, -0.2) is 4.39 Å². The highest BCUT2D eigenvalue weighted by atomic mass is 35.5. The van der Waals surface area contributed by atoms with E-state index in [0.29, 0.717) is 20.6 Å². The fourth-order valence-electron chi connectivity index (χ4n) is 2.30. The summed E-state index contributed by atoms with van der Waals surface area (Å²) in [6.07, 6.45) is 0. The Hall–Kier alpha value is -2.15. The maximum absolute atomic E-state index is 13.1. The summed E-state index contributed by atoms with van der Waals surface area (Å²) in [5, 5.41) is 6.35. The number of carbonyl (C=O) groups is 2. The lowest BCUT2D eigenvalue weighted by Gasteiger charge is -2.14. The second-order valence-corrected chi connectivity index (χ2v) is 6.73. The van der Waals surface area contributed by atoms with Crippen LogP contribution in [0.5, 0.6) is 0 Å². The lowest BCUT2D eigenvalue weighted by Crippen LogP contribution is -3.11. The number of hydrogen-bond donors (Lipinski definition) is 3. The molecule has 0 radical (unpaired) electrons. The van der Waals surface area contributed by atoms with Crippen LogP contribution in [-0.4, -0.2) is 32.0 Å². The minimum absolute atomic E-state index is 0.0750. The van der Waals surface area contributed by atoms with Crippen molar-refractivity contribution in [3.63, 3.8) is 0 Å². The highest BCUT2D eigenvalue weighted by molar-refractivity contribution is 6.35. The van der Waals surface area contributed by atoms with Gasteiger partial charge in [0.05, 0.1) is 7.05 Å². The van der Waals surface area contributed by atoms with Gasteiger partial charge in [-0.15, -0.1) is 0 Å². The summed E-state index contributed by atoms with van der Waals surface area (Å²) in [4.78, 5) is 24.7. The van der Waals surface area contributed by atoms with Crippen molar-refractivity contribution in [2.75, 3.05) is 25.5 Å². The Kier molecular flexibility index (Phi) is 7.38. The Balaban J connectivity index is 1.76. The summed E-state index contributed by atoms with van der Waals surface area (Å²) in [5.41, 5.74) is 1.13. The smallest absolute Gasteiger partial charge is 0.279 e. The first-order valence-electron chi connectivity index (χ1n) is 7.91. The number of benzene rings is 2. The molecule has 0 spiro atoms. The molecule has 0 saturated carbocycles. The molecule has 0 saturated heterocycles. The second-order valence-electron chi connectivity index (χ2n) is 5.88. The molecule has 3 N–H and O–H groups in total. The van der Waals surface area contributed by atoms with Gasteiger partial charge in [-0.1, -0.05) is 35.3 Å². The number of nitrogens with one attached hydrogen (secondary N) is 3. The first-order chi connectivity index (χ1) is 12.3. The van der Waals surface area contributed by atoms with Gasteiger partial charge in [0.2, 0.25) is 0 Å². The minimum Gasteiger partial charge on any atom is -0.347 e. The van der Waals surface area contributed by atoms with Gasteiger partial charge < -0.3 is 15.5 Å². The molecule has 2 rings (SSSR count). The van der Waals surface area contributed by atoms with Crippen molar-refractivity contribution in [2.45, 2.75) is 6.54 Å². The zero-order valence-corrected chi connectivity index (χ0v) is 15.6. The van der Waals surface area contributed by atoms with Gasteiger partial charge in [0.25, 0.3) is 11.8 Å². The van der Waals surface area contributed by atoms with Crippen LogP contribution in [0, 0.1) is 5.82 Å². The lowest BCUT2D eigenvalue weighted by atomic mass is 10.2. The van der Waals surface area contributed by atoms with Gasteiger partial charge in [-0.05, 0) is 35.9 Å². The first-order valence-corrected chi connectivity index (χ1v) is 8.66. The number of amides is 2. The molecule has 0 aliphatic carbocycles. The third-order valence-corrected chi connectivity index (χ3v) is 4.11. The number of likely N-dealkylation sites (N-methyl/N-ethyl adjacent to an activating group) is 1. The molecule has 2 aromatic rings. The Bertz CT molecular complexity index is 802. The molecule has 2 aromatic carbocycles. The van der Waals surface area contributed by atoms with Crippen LogP contribution in [0.4, 0.5) is 10.1 Å². The van der Waals surface area contributed by atoms with Gasteiger partial charge >= 0.3 is 0 Å². The normalized spacial score (nSPS) is 11.7. The molecule has 0 aliphatic heterocycles. The Morgan fingerprint density at radius 3 is 2.50 bits per heavy atom. The lowest BCUT2D eigenvalue weighted by molar-refractivity contribution is -0.862. The SMILES string of the molecule is C[NH+](CC(=O)NCc1ccc(Cl)cc1Cl)CC(=O)Nc1cccc(F)c1. The number of quaternary nitrogens is 1. The van der Waals surface area contributed by atoms with E-state index in [4.69, 9.17) is 23.2 Å². The van der Waals surface area contributed by atoms with Gasteiger partial charge in [0.15, 0.2) is 13.1 Å². The molecule has 138 valence electrons. The maximum Gasteiger partial charge on any atom is 0.279 e. The molecule has 1 unspecified atom stereocenters. The third kappa shape index (κ3) is 6.63. The zero-order chi connectivity index (χ0) is 19.1. The summed E-state index contributed by atoms with van der Waals surface area (Å²) in [6, 6.07) is 10.7. The fraction of sp³-hybridized carbons (Fsp3) is 0.222. The fourth-order valence-corrected chi connectivity index (χ4v) is 2.78. The van der Waals surface area contributed by atoms with E-state index >= 15 is 0 Å². The molecular weight excluding hydrogens is 380 g/mol. The zero-order valence-electron chi connectivity index (χ0n) is 14.1. The average molecular weight is 399 g/mol. The van der Waals surface area contributed by atoms with E-state index in [2.05, 4.69) is 10.6 Å². The molecule has 0 bridgehead atoms. The molecule has 0 fully saturated rings.